The number of hydrogen-bond donors (Lipinski definition) is 3. The Labute approximate surface area is 184 Å². The average Bonchev–Trinajstić information content (AvgIpc) is 2.75. The molecule has 0 unspecified atom stereocenters. The van der Waals surface area contributed by atoms with Crippen LogP contribution in [-0.2, 0) is 25.5 Å². The quantitative estimate of drug-likeness (QED) is 0.460. The van der Waals surface area contributed by atoms with Crippen molar-refractivity contribution in [2.45, 2.75) is 51.6 Å². The number of carbonyl (C=O) groups excluding carboxylic acids is 2. The summed E-state index contributed by atoms with van der Waals surface area (Å²) in [7, 11) is 0. The molecule has 0 spiro atoms. The lowest BCUT2D eigenvalue weighted by molar-refractivity contribution is -0.142. The van der Waals surface area contributed by atoms with Gasteiger partial charge in [-0.2, -0.15) is 0 Å². The first-order valence-electron chi connectivity index (χ1n) is 11.0. The van der Waals surface area contributed by atoms with E-state index in [1.165, 1.54) is 0 Å². The second-order valence-corrected chi connectivity index (χ2v) is 8.40. The molecule has 8 heteroatoms. The molecule has 0 bridgehead atoms. The Kier molecular flexibility index (Phi) is 10.5. The minimum Gasteiger partial charge on any atom is -0.480 e. The van der Waals surface area contributed by atoms with Crippen LogP contribution in [-0.4, -0.2) is 72.7 Å². The third kappa shape index (κ3) is 9.48. The number of ether oxygens (including phenoxy) is 1. The van der Waals surface area contributed by atoms with Crippen molar-refractivity contribution in [1.29, 1.82) is 0 Å². The number of nitrogens with one attached hydrogen (secondary N) is 2. The summed E-state index contributed by atoms with van der Waals surface area (Å²) < 4.78 is 5.30. The molecular formula is C23H35N3O5. The van der Waals surface area contributed by atoms with Gasteiger partial charge >= 0.3 is 5.97 Å². The third-order valence-corrected chi connectivity index (χ3v) is 5.33. The van der Waals surface area contributed by atoms with Crippen LogP contribution in [0.25, 0.3) is 0 Å². The van der Waals surface area contributed by atoms with Gasteiger partial charge in [-0.15, -0.1) is 0 Å². The van der Waals surface area contributed by atoms with E-state index in [1.807, 2.05) is 49.1 Å². The summed E-state index contributed by atoms with van der Waals surface area (Å²) in [4.78, 5) is 39.1. The third-order valence-electron chi connectivity index (χ3n) is 5.33. The van der Waals surface area contributed by atoms with Gasteiger partial charge in [0.05, 0.1) is 19.8 Å². The van der Waals surface area contributed by atoms with Gasteiger partial charge in [0.15, 0.2) is 0 Å². The smallest absolute Gasteiger partial charge is 0.326 e. The minimum atomic E-state index is -1.06. The van der Waals surface area contributed by atoms with Crippen molar-refractivity contribution in [2.24, 2.45) is 5.92 Å². The molecule has 1 saturated heterocycles. The first-order chi connectivity index (χ1) is 14.8. The van der Waals surface area contributed by atoms with Crippen molar-refractivity contribution in [3.8, 4) is 0 Å². The molecule has 1 aliphatic heterocycles. The molecule has 2 rings (SSSR count). The Morgan fingerprint density at radius 2 is 1.68 bits per heavy atom. The van der Waals surface area contributed by atoms with Crippen LogP contribution in [0.3, 0.4) is 0 Å². The maximum absolute atomic E-state index is 12.9. The lowest BCUT2D eigenvalue weighted by atomic mass is 10.0. The maximum atomic E-state index is 12.9. The molecule has 31 heavy (non-hydrogen) atoms. The number of nitrogens with zero attached hydrogens (tertiary/aromatic N) is 1. The van der Waals surface area contributed by atoms with Crippen molar-refractivity contribution in [2.75, 3.05) is 32.8 Å². The van der Waals surface area contributed by atoms with E-state index in [0.29, 0.717) is 57.9 Å². The van der Waals surface area contributed by atoms with Crippen LogP contribution in [0.15, 0.2) is 30.3 Å². The van der Waals surface area contributed by atoms with Gasteiger partial charge in [0.2, 0.25) is 11.8 Å². The molecule has 0 radical (unpaired) electrons. The fourth-order valence-electron chi connectivity index (χ4n) is 3.46. The number of rotatable bonds is 12. The summed E-state index contributed by atoms with van der Waals surface area (Å²) in [6.07, 6.45) is 2.03. The number of carbonyl (C=O) groups is 3. The highest BCUT2D eigenvalue weighted by molar-refractivity contribution is 5.90. The molecule has 0 aromatic heterocycles. The van der Waals surface area contributed by atoms with Crippen LogP contribution in [0.2, 0.25) is 0 Å². The summed E-state index contributed by atoms with van der Waals surface area (Å²) in [5, 5.41) is 14.9. The fourth-order valence-corrected chi connectivity index (χ4v) is 3.46. The molecule has 1 fully saturated rings. The van der Waals surface area contributed by atoms with Gasteiger partial charge in [-0.1, -0.05) is 44.2 Å². The van der Waals surface area contributed by atoms with Crippen LogP contribution < -0.4 is 10.6 Å². The van der Waals surface area contributed by atoms with Crippen molar-refractivity contribution < 1.29 is 24.2 Å². The Morgan fingerprint density at radius 1 is 1.00 bits per heavy atom. The fraction of sp³-hybridized carbons (Fsp3) is 0.609. The molecule has 8 nitrogen and oxygen atoms in total. The topological polar surface area (TPSA) is 108 Å². The number of aliphatic carboxylic acids is 1. The summed E-state index contributed by atoms with van der Waals surface area (Å²) in [6, 6.07) is 7.94. The lowest BCUT2D eigenvalue weighted by Gasteiger charge is -2.27. The number of carboxylic acid groups (broad SMARTS) is 1. The van der Waals surface area contributed by atoms with Gasteiger partial charge in [0, 0.05) is 13.1 Å². The lowest BCUT2D eigenvalue weighted by Crippen LogP contribution is -2.53. The molecule has 1 aromatic carbocycles. The number of morpholine rings is 1. The summed E-state index contributed by atoms with van der Waals surface area (Å²) in [5.74, 6) is -1.43. The van der Waals surface area contributed by atoms with E-state index in [4.69, 9.17) is 4.74 Å². The molecule has 172 valence electrons. The minimum absolute atomic E-state index is 0.189. The molecule has 2 atom stereocenters. The Bertz CT molecular complexity index is 704. The van der Waals surface area contributed by atoms with Gasteiger partial charge in [0.1, 0.15) is 12.1 Å². The van der Waals surface area contributed by atoms with Gasteiger partial charge in [-0.05, 0) is 37.2 Å². The first kappa shape index (κ1) is 24.8. The average molecular weight is 434 g/mol. The van der Waals surface area contributed by atoms with E-state index < -0.39 is 24.0 Å². The second kappa shape index (κ2) is 13.1. The zero-order valence-corrected chi connectivity index (χ0v) is 18.5. The zero-order valence-electron chi connectivity index (χ0n) is 18.5. The second-order valence-electron chi connectivity index (χ2n) is 8.40. The van der Waals surface area contributed by atoms with E-state index in [-0.39, 0.29) is 12.5 Å². The number of aryl methyl sites for hydroxylation is 1. The molecular weight excluding hydrogens is 398 g/mol. The van der Waals surface area contributed by atoms with Crippen molar-refractivity contribution >= 4 is 17.8 Å². The van der Waals surface area contributed by atoms with Crippen molar-refractivity contribution in [3.05, 3.63) is 35.9 Å². The van der Waals surface area contributed by atoms with Gasteiger partial charge in [0.25, 0.3) is 0 Å². The Morgan fingerprint density at radius 3 is 2.29 bits per heavy atom. The maximum Gasteiger partial charge on any atom is 0.326 e. The molecule has 1 heterocycles. The number of carboxylic acids is 1. The van der Waals surface area contributed by atoms with Gasteiger partial charge in [-0.3, -0.25) is 14.5 Å². The molecule has 0 aliphatic carbocycles. The van der Waals surface area contributed by atoms with Crippen molar-refractivity contribution in [1.82, 2.24) is 15.5 Å². The SMILES string of the molecule is CC(C)CC[C@H](NC(=O)[C@H](CCc1ccccc1)NC(=O)CN1CCOCC1)C(=O)O. The van der Waals surface area contributed by atoms with E-state index in [9.17, 15) is 19.5 Å². The summed E-state index contributed by atoms with van der Waals surface area (Å²) >= 11 is 0. The van der Waals surface area contributed by atoms with E-state index in [0.717, 1.165) is 5.56 Å². The summed E-state index contributed by atoms with van der Waals surface area (Å²) in [6.45, 7) is 6.72. The normalized spacial score (nSPS) is 16.5. The Balaban J connectivity index is 2.00. The van der Waals surface area contributed by atoms with Crippen LogP contribution in [0, 0.1) is 5.92 Å². The van der Waals surface area contributed by atoms with Crippen LogP contribution in [0.5, 0.6) is 0 Å². The first-order valence-corrected chi connectivity index (χ1v) is 11.0. The molecule has 1 aromatic rings. The van der Waals surface area contributed by atoms with E-state index in [2.05, 4.69) is 10.6 Å². The molecule has 1 aliphatic rings. The van der Waals surface area contributed by atoms with Crippen LogP contribution in [0.1, 0.15) is 38.7 Å². The zero-order chi connectivity index (χ0) is 22.6. The van der Waals surface area contributed by atoms with Crippen molar-refractivity contribution in [3.63, 3.8) is 0 Å². The highest BCUT2D eigenvalue weighted by Crippen LogP contribution is 2.10. The largest absolute Gasteiger partial charge is 0.480 e. The highest BCUT2D eigenvalue weighted by Gasteiger charge is 2.27. The van der Waals surface area contributed by atoms with E-state index in [1.54, 1.807) is 0 Å². The predicted octanol–water partition coefficient (Wildman–Crippen LogP) is 1.44. The van der Waals surface area contributed by atoms with Gasteiger partial charge in [-0.25, -0.2) is 4.79 Å². The van der Waals surface area contributed by atoms with Crippen LogP contribution >= 0.6 is 0 Å². The molecule has 2 amide bonds. The van der Waals surface area contributed by atoms with E-state index >= 15 is 0 Å². The van der Waals surface area contributed by atoms with Gasteiger partial charge < -0.3 is 20.5 Å². The predicted molar refractivity (Wildman–Crippen MR) is 118 cm³/mol. The standard InChI is InChI=1S/C23H35N3O5/c1-17(2)8-10-20(23(29)30)25-22(28)19(11-9-18-6-4-3-5-7-18)24-21(27)16-26-12-14-31-15-13-26/h3-7,17,19-20H,8-16H2,1-2H3,(H,24,27)(H,25,28)(H,29,30)/t19-,20-/m0/s1. The number of amides is 2. The number of hydrogen-bond acceptors (Lipinski definition) is 5. The van der Waals surface area contributed by atoms with Crippen LogP contribution in [0.4, 0.5) is 0 Å². The Hall–Kier alpha value is -2.45. The summed E-state index contributed by atoms with van der Waals surface area (Å²) in [5.41, 5.74) is 1.05. The highest BCUT2D eigenvalue weighted by atomic mass is 16.5. The molecule has 0 saturated carbocycles. The number of benzene rings is 1. The monoisotopic (exact) mass is 433 g/mol. The molecule has 3 N–H and O–H groups in total.